The van der Waals surface area contributed by atoms with Crippen LogP contribution in [0.1, 0.15) is 36.9 Å². The molecule has 0 spiro atoms. The van der Waals surface area contributed by atoms with Crippen molar-refractivity contribution in [3.8, 4) is 6.07 Å². The zero-order valence-electron chi connectivity index (χ0n) is 8.99. The highest BCUT2D eigenvalue weighted by Gasteiger charge is 2.26. The Hall–Kier alpha value is -0.920. The van der Waals surface area contributed by atoms with Crippen molar-refractivity contribution in [2.45, 2.75) is 31.6 Å². The summed E-state index contributed by atoms with van der Waals surface area (Å²) in [5.41, 5.74) is 0.623. The van der Waals surface area contributed by atoms with Gasteiger partial charge in [-0.05, 0) is 20.3 Å². The molecule has 1 aliphatic rings. The van der Waals surface area contributed by atoms with Gasteiger partial charge in [0.15, 0.2) is 0 Å². The fraction of sp³-hybridized carbons (Fsp3) is 0.636. The van der Waals surface area contributed by atoms with E-state index in [9.17, 15) is 0 Å². The Morgan fingerprint density at radius 3 is 3.07 bits per heavy atom. The summed E-state index contributed by atoms with van der Waals surface area (Å²) in [4.78, 5) is 4.55. The number of nitrogens with zero attached hydrogens (tertiary/aromatic N) is 2. The van der Waals surface area contributed by atoms with E-state index in [2.05, 4.69) is 16.4 Å². The second-order valence-electron chi connectivity index (χ2n) is 4.37. The van der Waals surface area contributed by atoms with E-state index in [-0.39, 0.29) is 0 Å². The monoisotopic (exact) mass is 222 g/mol. The van der Waals surface area contributed by atoms with Gasteiger partial charge >= 0.3 is 0 Å². The minimum absolute atomic E-state index is 0.435. The molecule has 15 heavy (non-hydrogen) atoms. The molecule has 1 saturated heterocycles. The predicted octanol–water partition coefficient (Wildman–Crippen LogP) is 2.45. The van der Waals surface area contributed by atoms with Gasteiger partial charge < -0.3 is 4.74 Å². The number of rotatable bonds is 2. The highest BCUT2D eigenvalue weighted by atomic mass is 32.1. The van der Waals surface area contributed by atoms with Crippen molar-refractivity contribution in [1.82, 2.24) is 4.98 Å². The van der Waals surface area contributed by atoms with E-state index < -0.39 is 5.41 Å². The van der Waals surface area contributed by atoms with Crippen LogP contribution < -0.4 is 0 Å². The Morgan fingerprint density at radius 2 is 2.47 bits per heavy atom. The molecule has 1 unspecified atom stereocenters. The summed E-state index contributed by atoms with van der Waals surface area (Å²) in [6.07, 6.45) is 1.05. The van der Waals surface area contributed by atoms with Crippen molar-refractivity contribution in [2.24, 2.45) is 0 Å². The van der Waals surface area contributed by atoms with E-state index in [0.717, 1.165) is 30.3 Å². The molecule has 1 fully saturated rings. The van der Waals surface area contributed by atoms with Crippen LogP contribution in [0.4, 0.5) is 0 Å². The zero-order valence-corrected chi connectivity index (χ0v) is 9.80. The Bertz CT molecular complexity index is 386. The van der Waals surface area contributed by atoms with E-state index in [0.29, 0.717) is 5.92 Å². The van der Waals surface area contributed by atoms with Crippen LogP contribution in [-0.2, 0) is 10.2 Å². The fourth-order valence-electron chi connectivity index (χ4n) is 1.58. The van der Waals surface area contributed by atoms with Crippen LogP contribution in [0.15, 0.2) is 5.38 Å². The van der Waals surface area contributed by atoms with Crippen molar-refractivity contribution in [3.05, 3.63) is 16.1 Å². The molecule has 0 amide bonds. The first-order chi connectivity index (χ1) is 7.13. The largest absolute Gasteiger partial charge is 0.381 e. The Labute approximate surface area is 93.7 Å². The Morgan fingerprint density at radius 1 is 1.67 bits per heavy atom. The first-order valence-electron chi connectivity index (χ1n) is 5.08. The normalized spacial score (nSPS) is 21.5. The van der Waals surface area contributed by atoms with Crippen molar-refractivity contribution in [3.63, 3.8) is 0 Å². The first-order valence-corrected chi connectivity index (χ1v) is 5.96. The summed E-state index contributed by atoms with van der Waals surface area (Å²) in [7, 11) is 0. The lowest BCUT2D eigenvalue weighted by Crippen LogP contribution is -2.13. The third kappa shape index (κ3) is 2.04. The smallest absolute Gasteiger partial charge is 0.113 e. The SMILES string of the molecule is CC(C)(C#N)c1nc(C2CCOC2)cs1. The second-order valence-corrected chi connectivity index (χ2v) is 5.23. The number of aromatic nitrogens is 1. The topological polar surface area (TPSA) is 45.9 Å². The van der Waals surface area contributed by atoms with Crippen molar-refractivity contribution in [1.29, 1.82) is 5.26 Å². The van der Waals surface area contributed by atoms with Crippen LogP contribution in [0.5, 0.6) is 0 Å². The molecule has 0 N–H and O–H groups in total. The van der Waals surface area contributed by atoms with Crippen molar-refractivity contribution < 1.29 is 4.74 Å². The highest BCUT2D eigenvalue weighted by Crippen LogP contribution is 2.31. The van der Waals surface area contributed by atoms with Gasteiger partial charge in [-0.3, -0.25) is 0 Å². The zero-order chi connectivity index (χ0) is 10.9. The molecule has 4 heteroatoms. The van der Waals surface area contributed by atoms with E-state index >= 15 is 0 Å². The molecule has 1 atom stereocenters. The number of thiazole rings is 1. The molecule has 0 radical (unpaired) electrons. The standard InChI is InChI=1S/C11H14N2OS/c1-11(2,7-12)10-13-9(6-15-10)8-3-4-14-5-8/h6,8H,3-5H2,1-2H3. The molecule has 0 aliphatic carbocycles. The van der Waals surface area contributed by atoms with E-state index in [4.69, 9.17) is 10.00 Å². The first kappa shape index (κ1) is 10.6. The molecule has 3 nitrogen and oxygen atoms in total. The predicted molar refractivity (Wildman–Crippen MR) is 58.9 cm³/mol. The molecule has 2 heterocycles. The minimum Gasteiger partial charge on any atom is -0.381 e. The molecule has 80 valence electrons. The highest BCUT2D eigenvalue weighted by molar-refractivity contribution is 7.09. The van der Waals surface area contributed by atoms with E-state index in [1.54, 1.807) is 11.3 Å². The average molecular weight is 222 g/mol. The molecule has 0 bridgehead atoms. The molecule has 2 rings (SSSR count). The van der Waals surface area contributed by atoms with Gasteiger partial charge in [0.2, 0.25) is 0 Å². The van der Waals surface area contributed by atoms with Gasteiger partial charge in [-0.1, -0.05) is 0 Å². The summed E-state index contributed by atoms with van der Waals surface area (Å²) >= 11 is 1.58. The summed E-state index contributed by atoms with van der Waals surface area (Å²) in [5, 5.41) is 12.0. The Kier molecular flexibility index (Phi) is 2.76. The number of hydrogen-bond acceptors (Lipinski definition) is 4. The second kappa shape index (κ2) is 3.92. The van der Waals surface area contributed by atoms with Crippen LogP contribution in [-0.4, -0.2) is 18.2 Å². The molecular weight excluding hydrogens is 208 g/mol. The molecule has 0 aromatic carbocycles. The van der Waals surface area contributed by atoms with Crippen LogP contribution >= 0.6 is 11.3 Å². The van der Waals surface area contributed by atoms with Crippen LogP contribution in [0, 0.1) is 11.3 Å². The van der Waals surface area contributed by atoms with Gasteiger partial charge in [-0.15, -0.1) is 11.3 Å². The van der Waals surface area contributed by atoms with E-state index in [1.807, 2.05) is 13.8 Å². The lowest BCUT2D eigenvalue weighted by atomic mass is 9.97. The lowest BCUT2D eigenvalue weighted by Gasteiger charge is -2.10. The third-order valence-corrected chi connectivity index (χ3v) is 3.87. The molecule has 1 aromatic rings. The molecular formula is C11H14N2OS. The van der Waals surface area contributed by atoms with Crippen molar-refractivity contribution in [2.75, 3.05) is 13.2 Å². The fourth-order valence-corrected chi connectivity index (χ4v) is 2.55. The van der Waals surface area contributed by atoms with E-state index in [1.165, 1.54) is 0 Å². The molecule has 1 aromatic heterocycles. The van der Waals surface area contributed by atoms with Gasteiger partial charge in [0, 0.05) is 17.9 Å². The lowest BCUT2D eigenvalue weighted by molar-refractivity contribution is 0.193. The quantitative estimate of drug-likeness (QED) is 0.772. The maximum Gasteiger partial charge on any atom is 0.113 e. The van der Waals surface area contributed by atoms with Gasteiger partial charge in [0.25, 0.3) is 0 Å². The number of ether oxygens (including phenoxy) is 1. The summed E-state index contributed by atoms with van der Waals surface area (Å²) < 4.78 is 5.33. The average Bonchev–Trinajstić information content (AvgIpc) is 2.88. The maximum absolute atomic E-state index is 9.01. The number of hydrogen-bond donors (Lipinski definition) is 0. The summed E-state index contributed by atoms with van der Waals surface area (Å²) in [6.45, 7) is 5.41. The van der Waals surface area contributed by atoms with Gasteiger partial charge in [-0.2, -0.15) is 5.26 Å². The molecule has 1 aliphatic heterocycles. The molecule has 0 saturated carbocycles. The van der Waals surface area contributed by atoms with Gasteiger partial charge in [0.1, 0.15) is 10.4 Å². The van der Waals surface area contributed by atoms with Crippen LogP contribution in [0.3, 0.4) is 0 Å². The number of nitriles is 1. The summed E-state index contributed by atoms with van der Waals surface area (Å²) in [5.74, 6) is 0.435. The minimum atomic E-state index is -0.470. The summed E-state index contributed by atoms with van der Waals surface area (Å²) in [6, 6.07) is 2.28. The van der Waals surface area contributed by atoms with Gasteiger partial charge in [-0.25, -0.2) is 4.98 Å². The third-order valence-electron chi connectivity index (χ3n) is 2.68. The van der Waals surface area contributed by atoms with Crippen LogP contribution in [0.25, 0.3) is 0 Å². The van der Waals surface area contributed by atoms with Gasteiger partial charge in [0.05, 0.1) is 18.4 Å². The van der Waals surface area contributed by atoms with Crippen LogP contribution in [0.2, 0.25) is 0 Å². The Balaban J connectivity index is 2.21. The maximum atomic E-state index is 9.01. The van der Waals surface area contributed by atoms with Crippen molar-refractivity contribution >= 4 is 11.3 Å².